The summed E-state index contributed by atoms with van der Waals surface area (Å²) >= 11 is 0. The van der Waals surface area contributed by atoms with Crippen molar-refractivity contribution in [1.82, 2.24) is 30.2 Å². The van der Waals surface area contributed by atoms with E-state index in [9.17, 15) is 4.39 Å². The van der Waals surface area contributed by atoms with Gasteiger partial charge in [0, 0.05) is 47.6 Å². The molecule has 5 heterocycles. The second kappa shape index (κ2) is 8.95. The fourth-order valence-electron chi connectivity index (χ4n) is 4.97. The standard InChI is InChI=1S/C27H28F2N8/c1-27(2)7-5-18(33-13-27)16-10-20(28)35-26(23(16)29)36-21-9-15(6-8-32-21)25-34-19-12-31-11-17(14-3-4-14)22(19)24(30)37-25/h6,8-12,14,18,33H,3-5,7,13H2,1-2H3,(H2,30,34,37)(H,32,35,36). The summed E-state index contributed by atoms with van der Waals surface area (Å²) < 4.78 is 29.9. The monoisotopic (exact) mass is 502 g/mol. The highest BCUT2D eigenvalue weighted by molar-refractivity contribution is 5.92. The Bertz CT molecular complexity index is 1490. The van der Waals surface area contributed by atoms with E-state index >= 15 is 4.39 Å². The van der Waals surface area contributed by atoms with Gasteiger partial charge in [-0.1, -0.05) is 13.8 Å². The number of nitrogen functional groups attached to an aromatic ring is 1. The first-order valence-electron chi connectivity index (χ1n) is 12.5. The maximum atomic E-state index is 15.5. The molecule has 1 saturated carbocycles. The van der Waals surface area contributed by atoms with Gasteiger partial charge in [-0.05, 0) is 54.7 Å². The van der Waals surface area contributed by atoms with Crippen LogP contribution in [0.1, 0.15) is 62.6 Å². The number of nitrogens with one attached hydrogen (secondary N) is 2. The van der Waals surface area contributed by atoms with E-state index in [0.29, 0.717) is 35.1 Å². The van der Waals surface area contributed by atoms with Crippen molar-refractivity contribution < 1.29 is 8.78 Å². The molecule has 2 fully saturated rings. The molecule has 0 spiro atoms. The Morgan fingerprint density at radius 2 is 1.89 bits per heavy atom. The zero-order chi connectivity index (χ0) is 25.7. The molecule has 4 N–H and O–H groups in total. The van der Waals surface area contributed by atoms with Gasteiger partial charge in [0.15, 0.2) is 17.5 Å². The highest BCUT2D eigenvalue weighted by Crippen LogP contribution is 2.43. The number of anilines is 3. The summed E-state index contributed by atoms with van der Waals surface area (Å²) in [5.74, 6) is -0.0526. The first kappa shape index (κ1) is 23.6. The smallest absolute Gasteiger partial charge is 0.215 e. The number of pyridine rings is 3. The predicted octanol–water partition coefficient (Wildman–Crippen LogP) is 5.41. The molecular weight excluding hydrogens is 474 g/mol. The second-order valence-electron chi connectivity index (χ2n) is 10.7. The van der Waals surface area contributed by atoms with Gasteiger partial charge in [-0.2, -0.15) is 9.37 Å². The molecule has 8 nitrogen and oxygen atoms in total. The molecule has 0 radical (unpaired) electrons. The molecule has 37 heavy (non-hydrogen) atoms. The topological polar surface area (TPSA) is 115 Å². The van der Waals surface area contributed by atoms with E-state index in [4.69, 9.17) is 5.73 Å². The van der Waals surface area contributed by atoms with Crippen molar-refractivity contribution in [3.05, 3.63) is 59.7 Å². The van der Waals surface area contributed by atoms with Crippen molar-refractivity contribution in [3.63, 3.8) is 0 Å². The van der Waals surface area contributed by atoms with E-state index in [-0.39, 0.29) is 28.7 Å². The molecule has 0 amide bonds. The van der Waals surface area contributed by atoms with Crippen LogP contribution in [-0.2, 0) is 0 Å². The fraction of sp³-hybridized carbons (Fsp3) is 0.370. The third kappa shape index (κ3) is 4.69. The molecule has 6 rings (SSSR count). The number of rotatable bonds is 5. The summed E-state index contributed by atoms with van der Waals surface area (Å²) in [7, 11) is 0. The van der Waals surface area contributed by atoms with Crippen LogP contribution in [-0.4, -0.2) is 31.5 Å². The molecule has 0 bridgehead atoms. The van der Waals surface area contributed by atoms with Crippen molar-refractivity contribution in [2.24, 2.45) is 5.41 Å². The number of hydrogen-bond acceptors (Lipinski definition) is 8. The lowest BCUT2D eigenvalue weighted by Gasteiger charge is -2.35. The van der Waals surface area contributed by atoms with Crippen molar-refractivity contribution in [1.29, 1.82) is 0 Å². The minimum absolute atomic E-state index is 0.119. The maximum Gasteiger partial charge on any atom is 0.215 e. The van der Waals surface area contributed by atoms with Gasteiger partial charge in [-0.25, -0.2) is 19.3 Å². The van der Waals surface area contributed by atoms with Gasteiger partial charge in [0.25, 0.3) is 0 Å². The van der Waals surface area contributed by atoms with Crippen LogP contribution >= 0.6 is 0 Å². The predicted molar refractivity (Wildman–Crippen MR) is 138 cm³/mol. The number of halogens is 2. The molecule has 1 aliphatic heterocycles. The van der Waals surface area contributed by atoms with Gasteiger partial charge < -0.3 is 16.4 Å². The molecule has 1 saturated heterocycles. The van der Waals surface area contributed by atoms with Crippen LogP contribution in [0.15, 0.2) is 36.8 Å². The molecule has 0 aromatic carbocycles. The largest absolute Gasteiger partial charge is 0.383 e. The third-order valence-corrected chi connectivity index (χ3v) is 7.21. The summed E-state index contributed by atoms with van der Waals surface area (Å²) in [5.41, 5.74) is 9.09. The van der Waals surface area contributed by atoms with Gasteiger partial charge in [0.2, 0.25) is 5.95 Å². The Morgan fingerprint density at radius 1 is 1.05 bits per heavy atom. The lowest BCUT2D eigenvalue weighted by Crippen LogP contribution is -2.38. The van der Waals surface area contributed by atoms with Crippen LogP contribution in [0.4, 0.5) is 26.2 Å². The van der Waals surface area contributed by atoms with Gasteiger partial charge >= 0.3 is 0 Å². The second-order valence-corrected chi connectivity index (χ2v) is 10.7. The van der Waals surface area contributed by atoms with Crippen LogP contribution in [0.25, 0.3) is 22.3 Å². The highest BCUT2D eigenvalue weighted by Gasteiger charge is 2.30. The highest BCUT2D eigenvalue weighted by atomic mass is 19.1. The Balaban J connectivity index is 1.30. The summed E-state index contributed by atoms with van der Waals surface area (Å²) in [4.78, 5) is 21.6. The lowest BCUT2D eigenvalue weighted by atomic mass is 9.81. The quantitative estimate of drug-likeness (QED) is 0.310. The molecular formula is C27H28F2N8. The number of nitrogens with two attached hydrogens (primary N) is 1. The minimum atomic E-state index is -0.758. The summed E-state index contributed by atoms with van der Waals surface area (Å²) in [5, 5.41) is 7.02. The lowest BCUT2D eigenvalue weighted by molar-refractivity contribution is 0.221. The van der Waals surface area contributed by atoms with Crippen LogP contribution in [0, 0.1) is 17.2 Å². The van der Waals surface area contributed by atoms with Crippen LogP contribution in [0.5, 0.6) is 0 Å². The molecule has 1 aliphatic carbocycles. The SMILES string of the molecule is CC1(C)CCC(c2cc(F)nc(Nc3cc(-c4nc(N)c5c(C6CC6)cncc5n4)ccn3)c2F)NC1. The van der Waals surface area contributed by atoms with E-state index in [0.717, 1.165) is 42.8 Å². The fourth-order valence-corrected chi connectivity index (χ4v) is 4.97. The van der Waals surface area contributed by atoms with Gasteiger partial charge in [-0.3, -0.25) is 4.98 Å². The van der Waals surface area contributed by atoms with Crippen LogP contribution < -0.4 is 16.4 Å². The van der Waals surface area contributed by atoms with Crippen molar-refractivity contribution in [3.8, 4) is 11.4 Å². The number of nitrogens with zero attached hydrogens (tertiary/aromatic N) is 5. The zero-order valence-corrected chi connectivity index (χ0v) is 20.7. The van der Waals surface area contributed by atoms with E-state index in [2.05, 4.69) is 49.4 Å². The van der Waals surface area contributed by atoms with Crippen molar-refractivity contribution in [2.45, 2.75) is 51.5 Å². The summed E-state index contributed by atoms with van der Waals surface area (Å²) in [6, 6.07) is 4.27. The van der Waals surface area contributed by atoms with E-state index in [1.807, 2.05) is 6.20 Å². The Labute approximate surface area is 213 Å². The molecule has 10 heteroatoms. The number of piperidine rings is 1. The molecule has 4 aromatic heterocycles. The van der Waals surface area contributed by atoms with Gasteiger partial charge in [0.1, 0.15) is 11.6 Å². The van der Waals surface area contributed by atoms with Gasteiger partial charge in [0.05, 0.1) is 11.7 Å². The number of aromatic nitrogens is 5. The summed E-state index contributed by atoms with van der Waals surface area (Å²) in [6.07, 6.45) is 8.91. The average molecular weight is 503 g/mol. The van der Waals surface area contributed by atoms with E-state index in [1.165, 1.54) is 0 Å². The number of hydrogen-bond donors (Lipinski definition) is 3. The first-order valence-corrected chi connectivity index (χ1v) is 12.5. The molecule has 1 unspecified atom stereocenters. The molecule has 2 aliphatic rings. The third-order valence-electron chi connectivity index (χ3n) is 7.21. The average Bonchev–Trinajstić information content (AvgIpc) is 3.71. The summed E-state index contributed by atoms with van der Waals surface area (Å²) in [6.45, 7) is 5.03. The van der Waals surface area contributed by atoms with Crippen LogP contribution in [0.3, 0.4) is 0 Å². The minimum Gasteiger partial charge on any atom is -0.383 e. The zero-order valence-electron chi connectivity index (χ0n) is 20.7. The van der Waals surface area contributed by atoms with E-state index < -0.39 is 11.8 Å². The Hall–Kier alpha value is -3.79. The molecule has 4 aromatic rings. The van der Waals surface area contributed by atoms with Crippen LogP contribution in [0.2, 0.25) is 0 Å². The molecule has 190 valence electrons. The first-order chi connectivity index (χ1) is 17.8. The maximum absolute atomic E-state index is 15.5. The normalized spacial score (nSPS) is 19.2. The van der Waals surface area contributed by atoms with Crippen molar-refractivity contribution in [2.75, 3.05) is 17.6 Å². The van der Waals surface area contributed by atoms with E-state index in [1.54, 1.807) is 24.5 Å². The number of fused-ring (bicyclic) bond motifs is 1. The Morgan fingerprint density at radius 3 is 2.65 bits per heavy atom. The Kier molecular flexibility index (Phi) is 5.71. The van der Waals surface area contributed by atoms with Gasteiger partial charge in [-0.15, -0.1) is 0 Å². The molecule has 1 atom stereocenters. The van der Waals surface area contributed by atoms with Crippen molar-refractivity contribution >= 4 is 28.4 Å².